The van der Waals surface area contributed by atoms with Crippen LogP contribution in [0.3, 0.4) is 0 Å². The van der Waals surface area contributed by atoms with Gasteiger partial charge in [0.25, 0.3) is 0 Å². The lowest BCUT2D eigenvalue weighted by Gasteiger charge is -2.20. The van der Waals surface area contributed by atoms with Crippen LogP contribution in [0.5, 0.6) is 5.75 Å². The van der Waals surface area contributed by atoms with E-state index in [0.717, 1.165) is 5.56 Å². The molecule has 0 radical (unpaired) electrons. The van der Waals surface area contributed by atoms with Crippen molar-refractivity contribution in [3.63, 3.8) is 0 Å². The molecule has 116 valence electrons. The summed E-state index contributed by atoms with van der Waals surface area (Å²) in [5.74, 6) is -0.874. The summed E-state index contributed by atoms with van der Waals surface area (Å²) in [7, 11) is 0. The third-order valence-electron chi connectivity index (χ3n) is 3.20. The second-order valence-electron chi connectivity index (χ2n) is 4.81. The fourth-order valence-electron chi connectivity index (χ4n) is 2.03. The maximum absolute atomic E-state index is 11.4. The van der Waals surface area contributed by atoms with Crippen molar-refractivity contribution in [1.29, 1.82) is 0 Å². The number of hydrogen-bond acceptors (Lipinski definition) is 3. The van der Waals surface area contributed by atoms with Gasteiger partial charge in [-0.2, -0.15) is 0 Å². The Bertz CT molecular complexity index is 646. The van der Waals surface area contributed by atoms with Crippen LogP contribution >= 0.6 is 23.2 Å². The Morgan fingerprint density at radius 3 is 2.36 bits per heavy atom. The molecule has 22 heavy (non-hydrogen) atoms. The van der Waals surface area contributed by atoms with E-state index in [9.17, 15) is 15.0 Å². The summed E-state index contributed by atoms with van der Waals surface area (Å²) in [5, 5.41) is 21.9. The van der Waals surface area contributed by atoms with Crippen molar-refractivity contribution < 1.29 is 15.0 Å². The number of carboxylic acids is 1. The summed E-state index contributed by atoms with van der Waals surface area (Å²) in [6, 6.07) is 12.5. The molecule has 0 fully saturated rings. The maximum Gasteiger partial charge on any atom is 0.321 e. The van der Waals surface area contributed by atoms with Crippen LogP contribution in [0.25, 0.3) is 0 Å². The van der Waals surface area contributed by atoms with Gasteiger partial charge in [0, 0.05) is 10.6 Å². The molecule has 4 nitrogen and oxygen atoms in total. The maximum atomic E-state index is 11.4. The standard InChI is InChI=1S/C16H15Cl2NO3/c17-13-4-2-1-3-12(13)15(18)19-14(16(21)22)9-10-5-7-11(20)8-6-10/h1-8,14-15,19-20H,9H2,(H,21,22). The zero-order chi connectivity index (χ0) is 16.1. The number of carbonyl (C=O) groups is 1. The number of nitrogens with one attached hydrogen (secondary N) is 1. The minimum Gasteiger partial charge on any atom is -0.508 e. The lowest BCUT2D eigenvalue weighted by Crippen LogP contribution is -2.39. The Labute approximate surface area is 138 Å². The Balaban J connectivity index is 2.10. The molecular weight excluding hydrogens is 325 g/mol. The van der Waals surface area contributed by atoms with Gasteiger partial charge in [-0.15, -0.1) is 11.6 Å². The molecule has 2 aromatic rings. The molecule has 0 aliphatic rings. The third kappa shape index (κ3) is 4.37. The average Bonchev–Trinajstić information content (AvgIpc) is 2.49. The van der Waals surface area contributed by atoms with Crippen molar-refractivity contribution >= 4 is 29.2 Å². The predicted octanol–water partition coefficient (Wildman–Crippen LogP) is 3.57. The number of aromatic hydroxyl groups is 1. The zero-order valence-corrected chi connectivity index (χ0v) is 13.1. The molecule has 0 amide bonds. The van der Waals surface area contributed by atoms with Crippen LogP contribution in [0.2, 0.25) is 5.02 Å². The van der Waals surface area contributed by atoms with Crippen LogP contribution in [0.1, 0.15) is 16.6 Å². The van der Waals surface area contributed by atoms with Gasteiger partial charge in [-0.3, -0.25) is 10.1 Å². The summed E-state index contributed by atoms with van der Waals surface area (Å²) >= 11 is 12.3. The molecule has 2 aromatic carbocycles. The van der Waals surface area contributed by atoms with Crippen molar-refractivity contribution in [3.05, 3.63) is 64.7 Å². The van der Waals surface area contributed by atoms with Gasteiger partial charge in [0.15, 0.2) is 0 Å². The molecule has 0 bridgehead atoms. The van der Waals surface area contributed by atoms with Crippen LogP contribution in [0.15, 0.2) is 48.5 Å². The first kappa shape index (κ1) is 16.6. The van der Waals surface area contributed by atoms with Crippen molar-refractivity contribution in [2.75, 3.05) is 0 Å². The van der Waals surface area contributed by atoms with Gasteiger partial charge in [-0.05, 0) is 30.2 Å². The fraction of sp³-hybridized carbons (Fsp3) is 0.188. The molecule has 2 atom stereocenters. The SMILES string of the molecule is O=C(O)C(Cc1ccc(O)cc1)NC(Cl)c1ccccc1Cl. The van der Waals surface area contributed by atoms with E-state index in [-0.39, 0.29) is 12.2 Å². The summed E-state index contributed by atoms with van der Waals surface area (Å²) in [6.07, 6.45) is 0.239. The third-order valence-corrected chi connectivity index (χ3v) is 3.91. The number of phenolic OH excluding ortho intramolecular Hbond substituents is 1. The van der Waals surface area contributed by atoms with Gasteiger partial charge in [0.05, 0.1) is 0 Å². The Hall–Kier alpha value is -1.75. The predicted molar refractivity (Wildman–Crippen MR) is 86.4 cm³/mol. The topological polar surface area (TPSA) is 69.6 Å². The lowest BCUT2D eigenvalue weighted by molar-refractivity contribution is -0.139. The zero-order valence-electron chi connectivity index (χ0n) is 11.5. The summed E-state index contributed by atoms with van der Waals surface area (Å²) in [4.78, 5) is 11.4. The second kappa shape index (κ2) is 7.49. The van der Waals surface area contributed by atoms with E-state index in [0.29, 0.717) is 10.6 Å². The number of halogens is 2. The first-order valence-electron chi connectivity index (χ1n) is 6.62. The van der Waals surface area contributed by atoms with Gasteiger partial charge < -0.3 is 10.2 Å². The van der Waals surface area contributed by atoms with Gasteiger partial charge in [0.1, 0.15) is 17.3 Å². The van der Waals surface area contributed by atoms with E-state index in [1.807, 2.05) is 0 Å². The highest BCUT2D eigenvalue weighted by Gasteiger charge is 2.22. The van der Waals surface area contributed by atoms with Crippen molar-refractivity contribution in [2.24, 2.45) is 0 Å². The van der Waals surface area contributed by atoms with Crippen LogP contribution in [0.4, 0.5) is 0 Å². The summed E-state index contributed by atoms with van der Waals surface area (Å²) in [6.45, 7) is 0. The molecule has 0 saturated heterocycles. The number of hydrogen-bond donors (Lipinski definition) is 3. The van der Waals surface area contributed by atoms with Crippen LogP contribution in [0, 0.1) is 0 Å². The molecule has 2 rings (SSSR count). The normalized spacial score (nSPS) is 13.5. The lowest BCUT2D eigenvalue weighted by atomic mass is 10.1. The number of phenols is 1. The average molecular weight is 340 g/mol. The minimum atomic E-state index is -1.01. The Morgan fingerprint density at radius 1 is 1.14 bits per heavy atom. The molecule has 6 heteroatoms. The van der Waals surface area contributed by atoms with E-state index in [1.165, 1.54) is 12.1 Å². The number of rotatable bonds is 6. The van der Waals surface area contributed by atoms with Gasteiger partial charge in [-0.1, -0.05) is 41.9 Å². The summed E-state index contributed by atoms with van der Waals surface area (Å²) in [5.41, 5.74) is 0.690. The van der Waals surface area contributed by atoms with Crippen molar-refractivity contribution in [3.8, 4) is 5.75 Å². The van der Waals surface area contributed by atoms with Crippen LogP contribution in [-0.2, 0) is 11.2 Å². The van der Waals surface area contributed by atoms with Crippen LogP contribution in [-0.4, -0.2) is 22.2 Å². The first-order chi connectivity index (χ1) is 10.5. The quantitative estimate of drug-likeness (QED) is 0.555. The van der Waals surface area contributed by atoms with E-state index >= 15 is 0 Å². The highest BCUT2D eigenvalue weighted by Crippen LogP contribution is 2.26. The van der Waals surface area contributed by atoms with Gasteiger partial charge in [-0.25, -0.2) is 0 Å². The largest absolute Gasteiger partial charge is 0.508 e. The highest BCUT2D eigenvalue weighted by atomic mass is 35.5. The number of aliphatic carboxylic acids is 1. The molecule has 3 N–H and O–H groups in total. The van der Waals surface area contributed by atoms with Crippen molar-refractivity contribution in [1.82, 2.24) is 5.32 Å². The molecular formula is C16H15Cl2NO3. The first-order valence-corrected chi connectivity index (χ1v) is 7.44. The van der Waals surface area contributed by atoms with Gasteiger partial charge >= 0.3 is 5.97 Å². The smallest absolute Gasteiger partial charge is 0.321 e. The molecule has 0 aliphatic carbocycles. The van der Waals surface area contributed by atoms with Crippen LogP contribution < -0.4 is 5.32 Å². The summed E-state index contributed by atoms with van der Waals surface area (Å²) < 4.78 is 0. The number of alkyl halides is 1. The van der Waals surface area contributed by atoms with Crippen molar-refractivity contribution in [2.45, 2.75) is 18.0 Å². The second-order valence-corrected chi connectivity index (χ2v) is 5.66. The number of benzene rings is 2. The van der Waals surface area contributed by atoms with E-state index in [4.69, 9.17) is 23.2 Å². The molecule has 0 saturated carbocycles. The Kier molecular flexibility index (Phi) is 5.66. The van der Waals surface area contributed by atoms with E-state index < -0.39 is 17.5 Å². The van der Waals surface area contributed by atoms with E-state index in [1.54, 1.807) is 36.4 Å². The highest BCUT2D eigenvalue weighted by molar-refractivity contribution is 6.32. The van der Waals surface area contributed by atoms with E-state index in [2.05, 4.69) is 5.32 Å². The molecule has 0 heterocycles. The molecule has 2 unspecified atom stereocenters. The van der Waals surface area contributed by atoms with Gasteiger partial charge in [0.2, 0.25) is 0 Å². The minimum absolute atomic E-state index is 0.134. The fourth-order valence-corrected chi connectivity index (χ4v) is 2.68. The monoisotopic (exact) mass is 339 g/mol. The molecule has 0 spiro atoms. The molecule has 0 aromatic heterocycles. The number of carboxylic acid groups (broad SMARTS) is 1. The molecule has 0 aliphatic heterocycles. The Morgan fingerprint density at radius 2 is 1.77 bits per heavy atom.